The second kappa shape index (κ2) is 7.38. The molecule has 7 heteroatoms. The molecule has 0 fully saturated rings. The third-order valence-electron chi connectivity index (χ3n) is 3.36. The van der Waals surface area contributed by atoms with Gasteiger partial charge < -0.3 is 10.1 Å². The van der Waals surface area contributed by atoms with Crippen molar-refractivity contribution in [2.75, 3.05) is 6.61 Å². The van der Waals surface area contributed by atoms with Gasteiger partial charge in [-0.25, -0.2) is 4.98 Å². The fourth-order valence-corrected chi connectivity index (χ4v) is 3.43. The summed E-state index contributed by atoms with van der Waals surface area (Å²) >= 11 is 14.0. The van der Waals surface area contributed by atoms with Crippen LogP contribution in [0.5, 0.6) is 5.75 Å². The highest BCUT2D eigenvalue weighted by atomic mass is 35.5. The molecule has 0 spiro atoms. The van der Waals surface area contributed by atoms with E-state index in [1.54, 1.807) is 17.4 Å². The van der Waals surface area contributed by atoms with E-state index in [2.05, 4.69) is 10.3 Å². The Morgan fingerprint density at radius 1 is 1.29 bits per heavy atom. The summed E-state index contributed by atoms with van der Waals surface area (Å²) in [5.41, 5.74) is 1.37. The van der Waals surface area contributed by atoms with E-state index in [0.29, 0.717) is 27.9 Å². The van der Waals surface area contributed by atoms with Crippen LogP contribution in [-0.4, -0.2) is 17.5 Å². The van der Waals surface area contributed by atoms with E-state index in [1.165, 1.54) is 0 Å². The molecule has 0 saturated carbocycles. The second-order valence-electron chi connectivity index (χ2n) is 5.16. The molecule has 0 saturated heterocycles. The molecule has 1 N–H and O–H groups in total. The number of benzene rings is 1. The molecule has 0 atom stereocenters. The highest BCUT2D eigenvalue weighted by Gasteiger charge is 2.14. The number of amides is 1. The topological polar surface area (TPSA) is 51.2 Å². The lowest BCUT2D eigenvalue weighted by molar-refractivity contribution is -0.123. The fourth-order valence-electron chi connectivity index (χ4n) is 2.22. The Kier molecular flexibility index (Phi) is 5.23. The van der Waals surface area contributed by atoms with Crippen LogP contribution >= 0.6 is 34.5 Å². The van der Waals surface area contributed by atoms with Crippen molar-refractivity contribution in [1.29, 1.82) is 0 Å². The third-order valence-corrected chi connectivity index (χ3v) is 4.83. The Morgan fingerprint density at radius 2 is 2.12 bits per heavy atom. The first-order valence-corrected chi connectivity index (χ1v) is 8.85. The van der Waals surface area contributed by atoms with Gasteiger partial charge in [0.05, 0.1) is 16.6 Å². The van der Waals surface area contributed by atoms with Gasteiger partial charge in [0.25, 0.3) is 5.91 Å². The molecular weight excluding hydrogens is 367 g/mol. The van der Waals surface area contributed by atoms with Crippen molar-refractivity contribution in [1.82, 2.24) is 10.3 Å². The standard InChI is InChI=1S/C17H14Cl2N2O2S/c1-10-4-5-12-13(18)7-14(19)17(16(12)21-10)23-9-15(22)20-8-11-3-2-6-24-11/h2-7H,8-9H2,1H3,(H,20,22). The maximum Gasteiger partial charge on any atom is 0.258 e. The highest BCUT2D eigenvalue weighted by molar-refractivity contribution is 7.09. The van der Waals surface area contributed by atoms with Gasteiger partial charge in [0.15, 0.2) is 12.4 Å². The number of aromatic nitrogens is 1. The lowest BCUT2D eigenvalue weighted by Crippen LogP contribution is -2.28. The lowest BCUT2D eigenvalue weighted by Gasteiger charge is -2.12. The van der Waals surface area contributed by atoms with Crippen molar-refractivity contribution in [2.45, 2.75) is 13.5 Å². The van der Waals surface area contributed by atoms with Gasteiger partial charge in [-0.05, 0) is 36.6 Å². The number of ether oxygens (including phenoxy) is 1. The SMILES string of the molecule is Cc1ccc2c(Cl)cc(Cl)c(OCC(=O)NCc3cccs3)c2n1. The van der Waals surface area contributed by atoms with Crippen LogP contribution in [0.3, 0.4) is 0 Å². The van der Waals surface area contributed by atoms with Gasteiger partial charge in [-0.3, -0.25) is 4.79 Å². The Labute approximate surface area is 153 Å². The number of hydrogen-bond acceptors (Lipinski definition) is 4. The molecule has 124 valence electrons. The van der Waals surface area contributed by atoms with E-state index in [0.717, 1.165) is 16.0 Å². The van der Waals surface area contributed by atoms with Crippen LogP contribution in [0.25, 0.3) is 10.9 Å². The number of pyridine rings is 1. The van der Waals surface area contributed by atoms with Crippen molar-refractivity contribution in [3.8, 4) is 5.75 Å². The number of carbonyl (C=O) groups is 1. The zero-order valence-electron chi connectivity index (χ0n) is 12.8. The number of thiophene rings is 1. The molecule has 3 aromatic rings. The van der Waals surface area contributed by atoms with Crippen LogP contribution in [0.4, 0.5) is 0 Å². The molecule has 3 rings (SSSR count). The number of carbonyl (C=O) groups excluding carboxylic acids is 1. The number of fused-ring (bicyclic) bond motifs is 1. The van der Waals surface area contributed by atoms with Crippen LogP contribution in [0.15, 0.2) is 35.7 Å². The van der Waals surface area contributed by atoms with Crippen molar-refractivity contribution >= 4 is 51.3 Å². The Balaban J connectivity index is 1.75. The number of nitrogens with zero attached hydrogens (tertiary/aromatic N) is 1. The summed E-state index contributed by atoms with van der Waals surface area (Å²) in [6, 6.07) is 9.22. The summed E-state index contributed by atoms with van der Waals surface area (Å²) in [5, 5.41) is 6.33. The summed E-state index contributed by atoms with van der Waals surface area (Å²) in [5.74, 6) is 0.140. The van der Waals surface area contributed by atoms with Crippen molar-refractivity contribution in [2.24, 2.45) is 0 Å². The minimum Gasteiger partial charge on any atom is -0.480 e. The van der Waals surface area contributed by atoms with Crippen LogP contribution in [-0.2, 0) is 11.3 Å². The lowest BCUT2D eigenvalue weighted by atomic mass is 10.2. The second-order valence-corrected chi connectivity index (χ2v) is 7.01. The van der Waals surface area contributed by atoms with Gasteiger partial charge in [-0.1, -0.05) is 29.3 Å². The maximum atomic E-state index is 12.0. The minimum absolute atomic E-state index is 0.141. The van der Waals surface area contributed by atoms with Gasteiger partial charge in [0.1, 0.15) is 5.52 Å². The molecule has 0 aliphatic carbocycles. The average molecular weight is 381 g/mol. The molecule has 4 nitrogen and oxygen atoms in total. The quantitative estimate of drug-likeness (QED) is 0.703. The summed E-state index contributed by atoms with van der Waals surface area (Å²) in [6.45, 7) is 2.20. The van der Waals surface area contributed by atoms with Crippen LogP contribution in [0.1, 0.15) is 10.6 Å². The zero-order valence-corrected chi connectivity index (χ0v) is 15.1. The molecule has 0 bridgehead atoms. The Bertz CT molecular complexity index is 882. The van der Waals surface area contributed by atoms with E-state index in [9.17, 15) is 4.79 Å². The molecular formula is C17H14Cl2N2O2S. The van der Waals surface area contributed by atoms with E-state index in [-0.39, 0.29) is 12.5 Å². The van der Waals surface area contributed by atoms with E-state index < -0.39 is 0 Å². The third kappa shape index (κ3) is 3.80. The van der Waals surface area contributed by atoms with Gasteiger partial charge >= 0.3 is 0 Å². The van der Waals surface area contributed by atoms with E-state index in [4.69, 9.17) is 27.9 Å². The predicted octanol–water partition coefficient (Wildman–Crippen LogP) is 4.61. The maximum absolute atomic E-state index is 12.0. The molecule has 2 aromatic heterocycles. The summed E-state index contributed by atoms with van der Waals surface area (Å²) in [4.78, 5) is 17.5. The fraction of sp³-hybridized carbons (Fsp3) is 0.176. The molecule has 2 heterocycles. The first-order valence-electron chi connectivity index (χ1n) is 7.22. The number of hydrogen-bond donors (Lipinski definition) is 1. The monoisotopic (exact) mass is 380 g/mol. The summed E-state index contributed by atoms with van der Waals surface area (Å²) < 4.78 is 5.63. The first-order chi connectivity index (χ1) is 11.5. The molecule has 0 unspecified atom stereocenters. The first kappa shape index (κ1) is 17.0. The normalized spacial score (nSPS) is 10.8. The molecule has 1 amide bonds. The van der Waals surface area contributed by atoms with Crippen LogP contribution in [0, 0.1) is 6.92 Å². The minimum atomic E-state index is -0.227. The summed E-state index contributed by atoms with van der Waals surface area (Å²) in [7, 11) is 0. The molecule has 24 heavy (non-hydrogen) atoms. The number of rotatable bonds is 5. The summed E-state index contributed by atoms with van der Waals surface area (Å²) in [6.07, 6.45) is 0. The molecule has 0 aliphatic heterocycles. The van der Waals surface area contributed by atoms with Gasteiger partial charge in [0.2, 0.25) is 0 Å². The van der Waals surface area contributed by atoms with Crippen LogP contribution in [0.2, 0.25) is 10.0 Å². The largest absolute Gasteiger partial charge is 0.480 e. The molecule has 1 aromatic carbocycles. The van der Waals surface area contributed by atoms with Crippen molar-refractivity contribution < 1.29 is 9.53 Å². The number of aryl methyl sites for hydroxylation is 1. The Hall–Kier alpha value is -1.82. The smallest absolute Gasteiger partial charge is 0.258 e. The van der Waals surface area contributed by atoms with Crippen molar-refractivity contribution in [3.05, 3.63) is 56.3 Å². The highest BCUT2D eigenvalue weighted by Crippen LogP contribution is 2.37. The van der Waals surface area contributed by atoms with Gasteiger partial charge in [-0.15, -0.1) is 11.3 Å². The molecule has 0 aliphatic rings. The van der Waals surface area contributed by atoms with E-state index >= 15 is 0 Å². The number of nitrogens with one attached hydrogen (secondary N) is 1. The van der Waals surface area contributed by atoms with Crippen LogP contribution < -0.4 is 10.1 Å². The predicted molar refractivity (Wildman–Crippen MR) is 98.2 cm³/mol. The van der Waals surface area contributed by atoms with Crippen molar-refractivity contribution in [3.63, 3.8) is 0 Å². The number of halogens is 2. The van der Waals surface area contributed by atoms with Gasteiger partial charge in [-0.2, -0.15) is 0 Å². The Morgan fingerprint density at radius 3 is 2.88 bits per heavy atom. The van der Waals surface area contributed by atoms with Gasteiger partial charge in [0, 0.05) is 16.0 Å². The molecule has 0 radical (unpaired) electrons. The average Bonchev–Trinajstić information content (AvgIpc) is 3.05. The zero-order chi connectivity index (χ0) is 17.1. The van der Waals surface area contributed by atoms with E-state index in [1.807, 2.05) is 36.6 Å².